The van der Waals surface area contributed by atoms with Gasteiger partial charge in [-0.2, -0.15) is 0 Å². The Balaban J connectivity index is 2.26. The SMILES string of the molecule is O=c1ccn([C@H]2C[C@H](F)[C@@H](C(O)F)O2)c(=O)[nH]1. The lowest BCUT2D eigenvalue weighted by Crippen LogP contribution is -2.32. The predicted molar refractivity (Wildman–Crippen MR) is 51.9 cm³/mol. The van der Waals surface area contributed by atoms with Crippen LogP contribution in [0.4, 0.5) is 8.78 Å². The van der Waals surface area contributed by atoms with Gasteiger partial charge in [0, 0.05) is 18.7 Å². The van der Waals surface area contributed by atoms with Crippen molar-refractivity contribution in [3.63, 3.8) is 0 Å². The summed E-state index contributed by atoms with van der Waals surface area (Å²) < 4.78 is 31.7. The van der Waals surface area contributed by atoms with Crippen molar-refractivity contribution in [1.82, 2.24) is 9.55 Å². The van der Waals surface area contributed by atoms with Gasteiger partial charge in [-0.25, -0.2) is 13.6 Å². The topological polar surface area (TPSA) is 84.3 Å². The number of aromatic amines is 1. The number of hydrogen-bond donors (Lipinski definition) is 2. The Labute approximate surface area is 93.5 Å². The third-order valence-electron chi connectivity index (χ3n) is 2.53. The first kappa shape index (κ1) is 11.9. The van der Waals surface area contributed by atoms with E-state index < -0.39 is 36.1 Å². The highest BCUT2D eigenvalue weighted by Crippen LogP contribution is 2.31. The number of ether oxygens (including phenoxy) is 1. The van der Waals surface area contributed by atoms with Crippen LogP contribution >= 0.6 is 0 Å². The molecule has 0 amide bonds. The maximum Gasteiger partial charge on any atom is 0.330 e. The monoisotopic (exact) mass is 248 g/mol. The number of aliphatic hydroxyl groups is 1. The van der Waals surface area contributed by atoms with Gasteiger partial charge < -0.3 is 9.84 Å². The first-order valence-electron chi connectivity index (χ1n) is 4.92. The number of rotatable bonds is 2. The molecule has 1 aromatic heterocycles. The minimum absolute atomic E-state index is 0.266. The van der Waals surface area contributed by atoms with Gasteiger partial charge in [-0.15, -0.1) is 0 Å². The third-order valence-corrected chi connectivity index (χ3v) is 2.53. The van der Waals surface area contributed by atoms with E-state index >= 15 is 0 Å². The highest BCUT2D eigenvalue weighted by atomic mass is 19.2. The average Bonchev–Trinajstić information content (AvgIpc) is 2.60. The zero-order valence-corrected chi connectivity index (χ0v) is 8.55. The lowest BCUT2D eigenvalue weighted by atomic mass is 10.2. The van der Waals surface area contributed by atoms with Crippen molar-refractivity contribution in [2.24, 2.45) is 0 Å². The molecule has 4 atom stereocenters. The molecule has 0 saturated carbocycles. The molecule has 0 radical (unpaired) electrons. The molecule has 2 heterocycles. The fourth-order valence-electron chi connectivity index (χ4n) is 1.72. The van der Waals surface area contributed by atoms with Crippen molar-refractivity contribution in [3.05, 3.63) is 33.1 Å². The first-order chi connectivity index (χ1) is 7.99. The maximum atomic E-state index is 13.3. The maximum absolute atomic E-state index is 13.3. The largest absolute Gasteiger partial charge is 0.362 e. The van der Waals surface area contributed by atoms with Gasteiger partial charge in [0.15, 0.2) is 0 Å². The fraction of sp³-hybridized carbons (Fsp3) is 0.556. The number of aliphatic hydroxyl groups excluding tert-OH is 1. The molecule has 1 aliphatic heterocycles. The quantitative estimate of drug-likeness (QED) is 0.735. The summed E-state index contributed by atoms with van der Waals surface area (Å²) in [4.78, 5) is 24.1. The standard InChI is InChI=1S/C9H10F2N2O4/c10-4-3-6(17-7(4)8(11)15)13-2-1-5(14)12-9(13)16/h1-2,4,6-8,15H,3H2,(H,12,14,16)/t4-,6+,7-,8?/m0/s1. The van der Waals surface area contributed by atoms with Crippen LogP contribution in [0.1, 0.15) is 12.6 Å². The van der Waals surface area contributed by atoms with Gasteiger partial charge in [-0.3, -0.25) is 14.3 Å². The number of hydrogen-bond acceptors (Lipinski definition) is 4. The molecule has 17 heavy (non-hydrogen) atoms. The molecule has 0 aromatic carbocycles. The van der Waals surface area contributed by atoms with Crippen LogP contribution in [0.25, 0.3) is 0 Å². The molecule has 1 aromatic rings. The van der Waals surface area contributed by atoms with Crippen LogP contribution < -0.4 is 11.2 Å². The minimum atomic E-state index is -2.45. The second-order valence-electron chi connectivity index (χ2n) is 3.70. The average molecular weight is 248 g/mol. The molecule has 1 unspecified atom stereocenters. The fourth-order valence-corrected chi connectivity index (χ4v) is 1.72. The van der Waals surface area contributed by atoms with Crippen LogP contribution in [0, 0.1) is 0 Å². The van der Waals surface area contributed by atoms with Crippen LogP contribution in [-0.4, -0.2) is 33.3 Å². The molecule has 6 nitrogen and oxygen atoms in total. The molecule has 8 heteroatoms. The number of halogens is 2. The zero-order valence-electron chi connectivity index (χ0n) is 8.55. The first-order valence-corrected chi connectivity index (χ1v) is 4.92. The van der Waals surface area contributed by atoms with E-state index in [0.29, 0.717) is 0 Å². The second kappa shape index (κ2) is 4.38. The van der Waals surface area contributed by atoms with Gasteiger partial charge in [-0.1, -0.05) is 0 Å². The summed E-state index contributed by atoms with van der Waals surface area (Å²) in [6, 6.07) is 1.07. The van der Waals surface area contributed by atoms with E-state index in [2.05, 4.69) is 0 Å². The van der Waals surface area contributed by atoms with Crippen LogP contribution in [-0.2, 0) is 4.74 Å². The van der Waals surface area contributed by atoms with Gasteiger partial charge in [0.05, 0.1) is 0 Å². The number of aromatic nitrogens is 2. The Kier molecular flexibility index (Phi) is 3.07. The smallest absolute Gasteiger partial charge is 0.330 e. The van der Waals surface area contributed by atoms with E-state index in [1.807, 2.05) is 4.98 Å². The van der Waals surface area contributed by atoms with Crippen molar-refractivity contribution < 1.29 is 18.6 Å². The van der Waals surface area contributed by atoms with Crippen LogP contribution in [0.15, 0.2) is 21.9 Å². The van der Waals surface area contributed by atoms with E-state index in [0.717, 1.165) is 16.8 Å². The Hall–Kier alpha value is -1.54. The van der Waals surface area contributed by atoms with Crippen LogP contribution in [0.5, 0.6) is 0 Å². The molecular weight excluding hydrogens is 238 g/mol. The number of nitrogens with one attached hydrogen (secondary N) is 1. The lowest BCUT2D eigenvalue weighted by molar-refractivity contribution is -0.122. The van der Waals surface area contributed by atoms with Crippen LogP contribution in [0.3, 0.4) is 0 Å². The van der Waals surface area contributed by atoms with Crippen molar-refractivity contribution in [2.45, 2.75) is 31.3 Å². The van der Waals surface area contributed by atoms with Gasteiger partial charge in [-0.05, 0) is 0 Å². The zero-order chi connectivity index (χ0) is 12.6. The summed E-state index contributed by atoms with van der Waals surface area (Å²) in [6.07, 6.45) is -5.95. The normalized spacial score (nSPS) is 30.4. The van der Waals surface area contributed by atoms with Gasteiger partial charge in [0.1, 0.15) is 18.5 Å². The Morgan fingerprint density at radius 1 is 1.59 bits per heavy atom. The lowest BCUT2D eigenvalue weighted by Gasteiger charge is -2.15. The molecular formula is C9H10F2N2O4. The summed E-state index contributed by atoms with van der Waals surface area (Å²) in [5.74, 6) is 0. The predicted octanol–water partition coefficient (Wildman–Crippen LogP) is -0.550. The van der Waals surface area contributed by atoms with E-state index in [4.69, 9.17) is 9.84 Å². The molecule has 94 valence electrons. The molecule has 1 saturated heterocycles. The Morgan fingerprint density at radius 2 is 2.29 bits per heavy atom. The van der Waals surface area contributed by atoms with E-state index in [-0.39, 0.29) is 6.42 Å². The van der Waals surface area contributed by atoms with Crippen molar-refractivity contribution >= 4 is 0 Å². The second-order valence-corrected chi connectivity index (χ2v) is 3.70. The molecule has 2 N–H and O–H groups in total. The third kappa shape index (κ3) is 2.27. The van der Waals surface area contributed by atoms with Crippen LogP contribution in [0.2, 0.25) is 0 Å². The Morgan fingerprint density at radius 3 is 2.82 bits per heavy atom. The van der Waals surface area contributed by atoms with E-state index in [1.165, 1.54) is 0 Å². The Bertz CT molecular complexity index is 512. The molecule has 1 fully saturated rings. The molecule has 0 spiro atoms. The summed E-state index contributed by atoms with van der Waals surface area (Å²) >= 11 is 0. The summed E-state index contributed by atoms with van der Waals surface area (Å²) in [5, 5.41) is 8.62. The highest BCUT2D eigenvalue weighted by Gasteiger charge is 2.41. The molecule has 2 rings (SSSR count). The number of alkyl halides is 2. The van der Waals surface area contributed by atoms with Crippen molar-refractivity contribution in [1.29, 1.82) is 0 Å². The van der Waals surface area contributed by atoms with Gasteiger partial charge in [0.2, 0.25) is 6.36 Å². The van der Waals surface area contributed by atoms with E-state index in [1.54, 1.807) is 0 Å². The van der Waals surface area contributed by atoms with Crippen molar-refractivity contribution in [2.75, 3.05) is 0 Å². The summed E-state index contributed by atoms with van der Waals surface area (Å²) in [6.45, 7) is 0. The molecule has 0 aliphatic carbocycles. The number of nitrogens with zero attached hydrogens (tertiary/aromatic N) is 1. The summed E-state index contributed by atoms with van der Waals surface area (Å²) in [7, 11) is 0. The minimum Gasteiger partial charge on any atom is -0.362 e. The van der Waals surface area contributed by atoms with Crippen molar-refractivity contribution in [3.8, 4) is 0 Å². The molecule has 1 aliphatic rings. The van der Waals surface area contributed by atoms with E-state index in [9.17, 15) is 18.4 Å². The highest BCUT2D eigenvalue weighted by molar-refractivity contribution is 4.89. The van der Waals surface area contributed by atoms with Gasteiger partial charge in [0.25, 0.3) is 5.56 Å². The summed E-state index contributed by atoms with van der Waals surface area (Å²) in [5.41, 5.74) is -1.37. The molecule has 0 bridgehead atoms. The van der Waals surface area contributed by atoms with Gasteiger partial charge >= 0.3 is 5.69 Å². The number of H-pyrrole nitrogens is 1.